The molecule has 5 heteroatoms. The van der Waals surface area contributed by atoms with E-state index in [4.69, 9.17) is 0 Å². The standard InChI is InChI=1S/C16H23N3O2/c1-3-18-8-10-19(11-9-18)16(21)15(20)17-12-14-7-5-4-6-13(14)2/h4-7H,3,8-12H2,1-2H3,(H,17,20). The lowest BCUT2D eigenvalue weighted by Crippen LogP contribution is -2.52. The molecule has 21 heavy (non-hydrogen) atoms. The first-order valence-corrected chi connectivity index (χ1v) is 7.45. The predicted octanol–water partition coefficient (Wildman–Crippen LogP) is 0.775. The van der Waals surface area contributed by atoms with E-state index < -0.39 is 11.8 Å². The minimum atomic E-state index is -0.511. The van der Waals surface area contributed by atoms with Crippen molar-refractivity contribution in [3.63, 3.8) is 0 Å². The van der Waals surface area contributed by atoms with E-state index in [9.17, 15) is 9.59 Å². The minimum Gasteiger partial charge on any atom is -0.344 e. The van der Waals surface area contributed by atoms with Crippen LogP contribution >= 0.6 is 0 Å². The molecule has 0 spiro atoms. The van der Waals surface area contributed by atoms with E-state index in [0.717, 1.165) is 30.8 Å². The molecule has 1 saturated heterocycles. The lowest BCUT2D eigenvalue weighted by Gasteiger charge is -2.33. The minimum absolute atomic E-state index is 0.395. The fourth-order valence-electron chi connectivity index (χ4n) is 2.47. The van der Waals surface area contributed by atoms with Gasteiger partial charge in [-0.15, -0.1) is 0 Å². The second-order valence-corrected chi connectivity index (χ2v) is 5.34. The number of hydrogen-bond acceptors (Lipinski definition) is 3. The molecule has 0 bridgehead atoms. The van der Waals surface area contributed by atoms with Gasteiger partial charge in [-0.05, 0) is 24.6 Å². The van der Waals surface area contributed by atoms with Crippen molar-refractivity contribution in [2.75, 3.05) is 32.7 Å². The van der Waals surface area contributed by atoms with Gasteiger partial charge in [0.05, 0.1) is 0 Å². The summed E-state index contributed by atoms with van der Waals surface area (Å²) in [5, 5.41) is 2.72. The lowest BCUT2D eigenvalue weighted by molar-refractivity contribution is -0.147. The van der Waals surface area contributed by atoms with Gasteiger partial charge < -0.3 is 15.1 Å². The first-order valence-electron chi connectivity index (χ1n) is 7.45. The zero-order chi connectivity index (χ0) is 15.2. The highest BCUT2D eigenvalue weighted by molar-refractivity contribution is 6.35. The topological polar surface area (TPSA) is 52.7 Å². The summed E-state index contributed by atoms with van der Waals surface area (Å²) < 4.78 is 0. The van der Waals surface area contributed by atoms with Gasteiger partial charge in [0.15, 0.2) is 0 Å². The molecule has 0 atom stereocenters. The van der Waals surface area contributed by atoms with Crippen molar-refractivity contribution < 1.29 is 9.59 Å². The molecular formula is C16H23N3O2. The molecule has 2 amide bonds. The zero-order valence-corrected chi connectivity index (χ0v) is 12.8. The molecule has 1 fully saturated rings. The highest BCUT2D eigenvalue weighted by Gasteiger charge is 2.25. The largest absolute Gasteiger partial charge is 0.344 e. The highest BCUT2D eigenvalue weighted by atomic mass is 16.2. The van der Waals surface area contributed by atoms with Gasteiger partial charge >= 0.3 is 11.8 Å². The van der Waals surface area contributed by atoms with Crippen LogP contribution in [0.5, 0.6) is 0 Å². The Balaban J connectivity index is 1.83. The molecule has 0 radical (unpaired) electrons. The average molecular weight is 289 g/mol. The number of rotatable bonds is 3. The Hall–Kier alpha value is -1.88. The van der Waals surface area contributed by atoms with Crippen molar-refractivity contribution in [1.29, 1.82) is 0 Å². The van der Waals surface area contributed by atoms with Crippen molar-refractivity contribution in [3.8, 4) is 0 Å². The molecule has 1 N–H and O–H groups in total. The average Bonchev–Trinajstić information content (AvgIpc) is 2.53. The van der Waals surface area contributed by atoms with Crippen molar-refractivity contribution in [1.82, 2.24) is 15.1 Å². The number of carbonyl (C=O) groups is 2. The number of hydrogen-bond donors (Lipinski definition) is 1. The summed E-state index contributed by atoms with van der Waals surface area (Å²) in [6, 6.07) is 7.84. The van der Waals surface area contributed by atoms with Crippen molar-refractivity contribution in [2.24, 2.45) is 0 Å². The van der Waals surface area contributed by atoms with Crippen LogP contribution in [0.3, 0.4) is 0 Å². The van der Waals surface area contributed by atoms with E-state index in [-0.39, 0.29) is 0 Å². The summed E-state index contributed by atoms with van der Waals surface area (Å²) in [6.07, 6.45) is 0. The number of aryl methyl sites for hydroxylation is 1. The molecule has 0 aliphatic carbocycles. The Kier molecular flexibility index (Phi) is 5.33. The van der Waals surface area contributed by atoms with Crippen LogP contribution in [0.15, 0.2) is 24.3 Å². The van der Waals surface area contributed by atoms with Crippen LogP contribution in [0.25, 0.3) is 0 Å². The number of piperazine rings is 1. The van der Waals surface area contributed by atoms with Gasteiger partial charge in [-0.25, -0.2) is 0 Å². The quantitative estimate of drug-likeness (QED) is 0.837. The third-order valence-electron chi connectivity index (χ3n) is 4.00. The van der Waals surface area contributed by atoms with Gasteiger partial charge in [0.2, 0.25) is 0 Å². The Bertz CT molecular complexity index is 508. The van der Waals surface area contributed by atoms with Crippen molar-refractivity contribution in [3.05, 3.63) is 35.4 Å². The second kappa shape index (κ2) is 7.22. The summed E-state index contributed by atoms with van der Waals surface area (Å²) in [4.78, 5) is 28.0. The molecule has 0 aromatic heterocycles. The van der Waals surface area contributed by atoms with Gasteiger partial charge in [-0.3, -0.25) is 9.59 Å². The van der Waals surface area contributed by atoms with E-state index in [2.05, 4.69) is 17.1 Å². The monoisotopic (exact) mass is 289 g/mol. The van der Waals surface area contributed by atoms with Crippen LogP contribution in [0.2, 0.25) is 0 Å². The number of benzene rings is 1. The SMILES string of the molecule is CCN1CCN(C(=O)C(=O)NCc2ccccc2C)CC1. The molecule has 1 aliphatic heterocycles. The third kappa shape index (κ3) is 4.04. The number of nitrogens with one attached hydrogen (secondary N) is 1. The zero-order valence-electron chi connectivity index (χ0n) is 12.8. The maximum atomic E-state index is 12.1. The normalized spacial score (nSPS) is 15.8. The first kappa shape index (κ1) is 15.5. The molecule has 1 aliphatic rings. The Labute approximate surface area is 125 Å². The van der Waals surface area contributed by atoms with Crippen LogP contribution in [-0.4, -0.2) is 54.3 Å². The van der Waals surface area contributed by atoms with E-state index in [1.54, 1.807) is 4.90 Å². The van der Waals surface area contributed by atoms with Gasteiger partial charge in [0.25, 0.3) is 0 Å². The van der Waals surface area contributed by atoms with Crippen LogP contribution in [0, 0.1) is 6.92 Å². The Morgan fingerprint density at radius 2 is 1.81 bits per heavy atom. The van der Waals surface area contributed by atoms with Crippen LogP contribution in [0.4, 0.5) is 0 Å². The summed E-state index contributed by atoms with van der Waals surface area (Å²) >= 11 is 0. The van der Waals surface area contributed by atoms with Gasteiger partial charge in [0.1, 0.15) is 0 Å². The summed E-state index contributed by atoms with van der Waals surface area (Å²) in [5.41, 5.74) is 2.15. The third-order valence-corrected chi connectivity index (χ3v) is 4.00. The van der Waals surface area contributed by atoms with Crippen molar-refractivity contribution in [2.45, 2.75) is 20.4 Å². The highest BCUT2D eigenvalue weighted by Crippen LogP contribution is 2.06. The molecule has 5 nitrogen and oxygen atoms in total. The van der Waals surface area contributed by atoms with E-state index in [0.29, 0.717) is 19.6 Å². The van der Waals surface area contributed by atoms with E-state index in [1.807, 2.05) is 31.2 Å². The van der Waals surface area contributed by atoms with Crippen LogP contribution in [0.1, 0.15) is 18.1 Å². The van der Waals surface area contributed by atoms with E-state index >= 15 is 0 Å². The first-order chi connectivity index (χ1) is 10.1. The molecule has 2 rings (SSSR count). The van der Waals surface area contributed by atoms with Crippen molar-refractivity contribution >= 4 is 11.8 Å². The number of nitrogens with zero attached hydrogens (tertiary/aromatic N) is 2. The summed E-state index contributed by atoms with van der Waals surface area (Å²) in [6.45, 7) is 8.42. The maximum absolute atomic E-state index is 12.1. The molecule has 0 unspecified atom stereocenters. The van der Waals surface area contributed by atoms with E-state index in [1.165, 1.54) is 0 Å². The maximum Gasteiger partial charge on any atom is 0.311 e. The molecular weight excluding hydrogens is 266 g/mol. The van der Waals surface area contributed by atoms with Crippen LogP contribution < -0.4 is 5.32 Å². The fourth-order valence-corrected chi connectivity index (χ4v) is 2.47. The summed E-state index contributed by atoms with van der Waals surface area (Å²) in [7, 11) is 0. The Morgan fingerprint density at radius 1 is 1.14 bits per heavy atom. The predicted molar refractivity (Wildman–Crippen MR) is 81.7 cm³/mol. The number of amides is 2. The molecule has 1 heterocycles. The molecule has 1 aromatic rings. The Morgan fingerprint density at radius 3 is 2.43 bits per heavy atom. The smallest absolute Gasteiger partial charge is 0.311 e. The van der Waals surface area contributed by atoms with Gasteiger partial charge in [-0.2, -0.15) is 0 Å². The number of likely N-dealkylation sites (N-methyl/N-ethyl adjacent to an activating group) is 1. The van der Waals surface area contributed by atoms with Gasteiger partial charge in [-0.1, -0.05) is 31.2 Å². The summed E-state index contributed by atoms with van der Waals surface area (Å²) in [5.74, 6) is -0.928. The van der Waals surface area contributed by atoms with Gasteiger partial charge in [0, 0.05) is 32.7 Å². The van der Waals surface area contributed by atoms with Crippen LogP contribution in [-0.2, 0) is 16.1 Å². The second-order valence-electron chi connectivity index (χ2n) is 5.34. The number of carbonyl (C=O) groups excluding carboxylic acids is 2. The molecule has 114 valence electrons. The molecule has 0 saturated carbocycles. The molecule has 1 aromatic carbocycles. The fraction of sp³-hybridized carbons (Fsp3) is 0.500. The lowest BCUT2D eigenvalue weighted by atomic mass is 10.1.